The molecule has 1 saturated heterocycles. The maximum absolute atomic E-state index is 12.5. The van der Waals surface area contributed by atoms with Crippen LogP contribution in [0.2, 0.25) is 0 Å². The van der Waals surface area contributed by atoms with E-state index in [2.05, 4.69) is 9.97 Å². The van der Waals surface area contributed by atoms with E-state index in [9.17, 15) is 18.0 Å². The summed E-state index contributed by atoms with van der Waals surface area (Å²) in [6.07, 6.45) is -3.77. The molecule has 1 amide bonds. The predicted octanol–water partition coefficient (Wildman–Crippen LogP) is 2.07. The van der Waals surface area contributed by atoms with Crippen LogP contribution < -0.4 is 4.90 Å². The molecule has 1 aromatic rings. The van der Waals surface area contributed by atoms with Gasteiger partial charge in [-0.25, -0.2) is 14.8 Å². The van der Waals surface area contributed by atoms with Gasteiger partial charge in [0.25, 0.3) is 0 Å². The van der Waals surface area contributed by atoms with Gasteiger partial charge in [0.1, 0.15) is 5.82 Å². The highest BCUT2D eigenvalue weighted by Gasteiger charge is 2.35. The lowest BCUT2D eigenvalue weighted by atomic mass is 10.1. The largest absolute Gasteiger partial charge is 0.465 e. The molecule has 2 heterocycles. The molecular weight excluding hydrogens is 289 g/mol. The van der Waals surface area contributed by atoms with Crippen molar-refractivity contribution in [1.82, 2.24) is 14.9 Å². The summed E-state index contributed by atoms with van der Waals surface area (Å²) in [5, 5.41) is 9.06. The van der Waals surface area contributed by atoms with E-state index >= 15 is 0 Å². The molecule has 9 heteroatoms. The van der Waals surface area contributed by atoms with Crippen molar-refractivity contribution in [2.45, 2.75) is 32.1 Å². The van der Waals surface area contributed by atoms with Gasteiger partial charge in [-0.15, -0.1) is 0 Å². The second kappa shape index (κ2) is 5.38. The third-order valence-electron chi connectivity index (χ3n) is 3.45. The zero-order valence-electron chi connectivity index (χ0n) is 11.5. The van der Waals surface area contributed by atoms with E-state index in [1.165, 1.54) is 4.90 Å². The molecular formula is C12H15F3N4O2. The summed E-state index contributed by atoms with van der Waals surface area (Å²) < 4.78 is 37.4. The molecule has 0 saturated carbocycles. The highest BCUT2D eigenvalue weighted by atomic mass is 19.4. The zero-order valence-corrected chi connectivity index (χ0v) is 11.5. The number of nitrogens with zero attached hydrogens (tertiary/aromatic N) is 4. The molecule has 1 N–H and O–H groups in total. The first kappa shape index (κ1) is 15.3. The Hall–Kier alpha value is -2.06. The minimum atomic E-state index is -4.52. The maximum atomic E-state index is 12.5. The summed E-state index contributed by atoms with van der Waals surface area (Å²) in [5.41, 5.74) is -1.05. The summed E-state index contributed by atoms with van der Waals surface area (Å²) in [7, 11) is 0. The van der Waals surface area contributed by atoms with E-state index < -0.39 is 18.0 Å². The fraction of sp³-hybridized carbons (Fsp3) is 0.583. The van der Waals surface area contributed by atoms with Crippen molar-refractivity contribution >= 4 is 11.9 Å². The van der Waals surface area contributed by atoms with Crippen LogP contribution in [0.4, 0.5) is 23.8 Å². The third-order valence-corrected chi connectivity index (χ3v) is 3.45. The average molecular weight is 304 g/mol. The van der Waals surface area contributed by atoms with E-state index in [4.69, 9.17) is 5.11 Å². The van der Waals surface area contributed by atoms with Crippen LogP contribution in [-0.2, 0) is 6.18 Å². The summed E-state index contributed by atoms with van der Waals surface area (Å²) >= 11 is 0. The monoisotopic (exact) mass is 304 g/mol. The Morgan fingerprint density at radius 2 is 1.90 bits per heavy atom. The smallest absolute Gasteiger partial charge is 0.434 e. The summed E-state index contributed by atoms with van der Waals surface area (Å²) in [4.78, 5) is 21.3. The van der Waals surface area contributed by atoms with Crippen LogP contribution >= 0.6 is 0 Å². The van der Waals surface area contributed by atoms with Crippen molar-refractivity contribution in [3.05, 3.63) is 18.1 Å². The first-order valence-corrected chi connectivity index (χ1v) is 6.35. The van der Waals surface area contributed by atoms with Crippen LogP contribution in [0.3, 0.4) is 0 Å². The second-order valence-corrected chi connectivity index (χ2v) is 5.04. The number of amides is 1. The van der Waals surface area contributed by atoms with Gasteiger partial charge in [-0.1, -0.05) is 0 Å². The van der Waals surface area contributed by atoms with Gasteiger partial charge in [-0.05, 0) is 13.8 Å². The molecule has 2 atom stereocenters. The van der Waals surface area contributed by atoms with Crippen molar-refractivity contribution in [3.8, 4) is 0 Å². The van der Waals surface area contributed by atoms with Gasteiger partial charge in [0.15, 0.2) is 5.69 Å². The average Bonchev–Trinajstić information content (AvgIpc) is 2.40. The third kappa shape index (κ3) is 3.17. The van der Waals surface area contributed by atoms with Crippen LogP contribution in [-0.4, -0.2) is 51.2 Å². The summed E-state index contributed by atoms with van der Waals surface area (Å²) in [6, 6.07) is -0.467. The maximum Gasteiger partial charge on any atom is 0.434 e. The van der Waals surface area contributed by atoms with Gasteiger partial charge in [0.2, 0.25) is 0 Å². The number of alkyl halides is 3. The van der Waals surface area contributed by atoms with Crippen molar-refractivity contribution in [1.29, 1.82) is 0 Å². The topological polar surface area (TPSA) is 69.6 Å². The number of halogens is 3. The Labute approximate surface area is 119 Å². The molecule has 21 heavy (non-hydrogen) atoms. The Bertz CT molecular complexity index is 520. The molecule has 0 bridgehead atoms. The number of hydrogen-bond acceptors (Lipinski definition) is 4. The molecule has 0 spiro atoms. The van der Waals surface area contributed by atoms with E-state index in [0.29, 0.717) is 18.6 Å². The number of carbonyl (C=O) groups is 1. The van der Waals surface area contributed by atoms with Crippen LogP contribution in [0.25, 0.3) is 0 Å². The van der Waals surface area contributed by atoms with Crippen molar-refractivity contribution < 1.29 is 23.1 Å². The van der Waals surface area contributed by atoms with Gasteiger partial charge >= 0.3 is 12.3 Å². The molecule has 0 radical (unpaired) electrons. The predicted molar refractivity (Wildman–Crippen MR) is 68.0 cm³/mol. The summed E-state index contributed by atoms with van der Waals surface area (Å²) in [6.45, 7) is 4.15. The number of carboxylic acid groups (broad SMARTS) is 1. The van der Waals surface area contributed by atoms with Gasteiger partial charge in [-0.3, -0.25) is 0 Å². The van der Waals surface area contributed by atoms with Crippen LogP contribution in [0.1, 0.15) is 19.5 Å². The van der Waals surface area contributed by atoms with Gasteiger partial charge in [0.05, 0.1) is 12.4 Å². The SMILES string of the molecule is C[C@@H]1CN(c2cnc(C(F)(F)F)cn2)[C@@H](C)CN1C(=O)O. The van der Waals surface area contributed by atoms with Crippen LogP contribution in [0.15, 0.2) is 12.4 Å². The lowest BCUT2D eigenvalue weighted by Gasteiger charge is -2.43. The quantitative estimate of drug-likeness (QED) is 0.860. The summed E-state index contributed by atoms with van der Waals surface area (Å²) in [5.74, 6) is 0.312. The molecule has 1 aliphatic rings. The molecule has 2 rings (SSSR count). The Kier molecular flexibility index (Phi) is 3.93. The molecule has 1 aliphatic heterocycles. The van der Waals surface area contributed by atoms with E-state index in [-0.39, 0.29) is 18.6 Å². The molecule has 1 fully saturated rings. The zero-order chi connectivity index (χ0) is 15.8. The minimum Gasteiger partial charge on any atom is -0.465 e. The molecule has 0 aromatic carbocycles. The van der Waals surface area contributed by atoms with Crippen molar-refractivity contribution in [2.24, 2.45) is 0 Å². The fourth-order valence-corrected chi connectivity index (χ4v) is 2.33. The number of aromatic nitrogens is 2. The van der Waals surface area contributed by atoms with Crippen LogP contribution in [0, 0.1) is 0 Å². The number of hydrogen-bond donors (Lipinski definition) is 1. The first-order valence-electron chi connectivity index (χ1n) is 6.35. The van der Waals surface area contributed by atoms with Gasteiger partial charge in [0, 0.05) is 25.2 Å². The minimum absolute atomic E-state index is 0.191. The van der Waals surface area contributed by atoms with Crippen LogP contribution in [0.5, 0.6) is 0 Å². The molecule has 0 aliphatic carbocycles. The molecule has 6 nitrogen and oxygen atoms in total. The van der Waals surface area contributed by atoms with Gasteiger partial charge < -0.3 is 14.9 Å². The molecule has 0 unspecified atom stereocenters. The number of anilines is 1. The highest BCUT2D eigenvalue weighted by molar-refractivity contribution is 5.66. The van der Waals surface area contributed by atoms with E-state index in [1.54, 1.807) is 18.7 Å². The fourth-order valence-electron chi connectivity index (χ4n) is 2.33. The lowest BCUT2D eigenvalue weighted by molar-refractivity contribution is -0.141. The Morgan fingerprint density at radius 3 is 2.38 bits per heavy atom. The van der Waals surface area contributed by atoms with E-state index in [0.717, 1.165) is 6.20 Å². The first-order chi connectivity index (χ1) is 9.70. The second-order valence-electron chi connectivity index (χ2n) is 5.04. The van der Waals surface area contributed by atoms with Crippen molar-refractivity contribution in [3.63, 3.8) is 0 Å². The normalized spacial score (nSPS) is 23.3. The molecule has 1 aromatic heterocycles. The van der Waals surface area contributed by atoms with Gasteiger partial charge in [-0.2, -0.15) is 13.2 Å². The van der Waals surface area contributed by atoms with E-state index in [1.807, 2.05) is 0 Å². The lowest BCUT2D eigenvalue weighted by Crippen LogP contribution is -2.58. The number of rotatable bonds is 1. The highest BCUT2D eigenvalue weighted by Crippen LogP contribution is 2.28. The Morgan fingerprint density at radius 1 is 1.24 bits per heavy atom. The van der Waals surface area contributed by atoms with Crippen molar-refractivity contribution in [2.75, 3.05) is 18.0 Å². The molecule has 116 valence electrons. The number of piperazine rings is 1. The Balaban J connectivity index is 2.17. The standard InChI is InChI=1S/C12H15F3N4O2/c1-7-6-19(11(20)21)8(2)5-18(7)10-4-16-9(3-17-10)12(13,14)15/h3-4,7-8H,5-6H2,1-2H3,(H,20,21)/t7-,8+/m0/s1.